The minimum Gasteiger partial charge on any atom is -0.488 e. The fourth-order valence-corrected chi connectivity index (χ4v) is 3.47. The van der Waals surface area contributed by atoms with Crippen molar-refractivity contribution >= 4 is 17.1 Å². The molecule has 0 bridgehead atoms. The van der Waals surface area contributed by atoms with E-state index in [0.29, 0.717) is 6.54 Å². The first-order chi connectivity index (χ1) is 9.58. The molecule has 20 heavy (non-hydrogen) atoms. The first kappa shape index (κ1) is 13.3. The molecule has 0 fully saturated rings. The molecule has 0 aliphatic carbocycles. The first-order valence-electron chi connectivity index (χ1n) is 6.70. The van der Waals surface area contributed by atoms with Crippen molar-refractivity contribution in [2.24, 2.45) is 5.73 Å². The second-order valence-electron chi connectivity index (χ2n) is 5.18. The summed E-state index contributed by atoms with van der Waals surface area (Å²) in [6, 6.07) is 8.18. The van der Waals surface area contributed by atoms with E-state index < -0.39 is 0 Å². The number of ether oxygens (including phenoxy) is 1. The van der Waals surface area contributed by atoms with Gasteiger partial charge in [0, 0.05) is 17.8 Å². The van der Waals surface area contributed by atoms with E-state index in [2.05, 4.69) is 19.1 Å². The highest BCUT2D eigenvalue weighted by Crippen LogP contribution is 2.38. The number of carbonyl (C=O) groups excluding carboxylic acids is 1. The quantitative estimate of drug-likeness (QED) is 0.882. The largest absolute Gasteiger partial charge is 0.488 e. The minimum absolute atomic E-state index is 0.0927. The van der Waals surface area contributed by atoms with Gasteiger partial charge in [0.15, 0.2) is 5.78 Å². The Morgan fingerprint density at radius 2 is 2.25 bits per heavy atom. The van der Waals surface area contributed by atoms with Gasteiger partial charge < -0.3 is 10.5 Å². The van der Waals surface area contributed by atoms with E-state index in [4.69, 9.17) is 10.5 Å². The van der Waals surface area contributed by atoms with Crippen LogP contribution in [0.15, 0.2) is 24.3 Å². The number of benzene rings is 1. The number of aryl methyl sites for hydroxylation is 1. The second kappa shape index (κ2) is 5.04. The van der Waals surface area contributed by atoms with E-state index in [1.807, 2.05) is 12.1 Å². The van der Waals surface area contributed by atoms with Crippen LogP contribution in [0.5, 0.6) is 5.75 Å². The lowest BCUT2D eigenvalue weighted by Gasteiger charge is -2.09. The number of ketones is 1. The zero-order valence-electron chi connectivity index (χ0n) is 11.6. The fourth-order valence-electron chi connectivity index (χ4n) is 2.58. The number of fused-ring (bicyclic) bond motifs is 1. The summed E-state index contributed by atoms with van der Waals surface area (Å²) in [7, 11) is 0. The van der Waals surface area contributed by atoms with Gasteiger partial charge in [-0.05, 0) is 54.8 Å². The Kier molecular flexibility index (Phi) is 3.36. The van der Waals surface area contributed by atoms with Crippen molar-refractivity contribution in [1.29, 1.82) is 0 Å². The molecule has 2 heterocycles. The lowest BCUT2D eigenvalue weighted by atomic mass is 10.0. The maximum absolute atomic E-state index is 11.4. The third kappa shape index (κ3) is 2.25. The van der Waals surface area contributed by atoms with Crippen molar-refractivity contribution in [2.75, 3.05) is 6.54 Å². The lowest BCUT2D eigenvalue weighted by Crippen LogP contribution is -2.24. The molecule has 2 N–H and O–H groups in total. The lowest BCUT2D eigenvalue weighted by molar-refractivity contribution is 0.102. The van der Waals surface area contributed by atoms with Gasteiger partial charge in [-0.3, -0.25) is 4.79 Å². The number of carbonyl (C=O) groups is 1. The Labute approximate surface area is 122 Å². The Morgan fingerprint density at radius 1 is 1.45 bits per heavy atom. The van der Waals surface area contributed by atoms with E-state index in [-0.39, 0.29) is 11.9 Å². The van der Waals surface area contributed by atoms with Gasteiger partial charge in [-0.25, -0.2) is 0 Å². The van der Waals surface area contributed by atoms with Crippen molar-refractivity contribution in [3.8, 4) is 16.2 Å². The van der Waals surface area contributed by atoms with E-state index in [9.17, 15) is 4.79 Å². The molecule has 0 saturated carbocycles. The fraction of sp³-hybridized carbons (Fsp3) is 0.312. The van der Waals surface area contributed by atoms with Crippen molar-refractivity contribution in [3.05, 3.63) is 40.3 Å². The van der Waals surface area contributed by atoms with Gasteiger partial charge in [0.25, 0.3) is 0 Å². The van der Waals surface area contributed by atoms with Gasteiger partial charge in [0.05, 0.1) is 4.88 Å². The van der Waals surface area contributed by atoms with Crippen LogP contribution in [0.2, 0.25) is 0 Å². The average Bonchev–Trinajstić information content (AvgIpc) is 3.05. The Hall–Kier alpha value is -1.65. The van der Waals surface area contributed by atoms with Gasteiger partial charge in [0.2, 0.25) is 0 Å². The second-order valence-corrected chi connectivity index (χ2v) is 6.26. The van der Waals surface area contributed by atoms with Gasteiger partial charge in [-0.15, -0.1) is 11.3 Å². The van der Waals surface area contributed by atoms with Crippen LogP contribution in [0, 0.1) is 6.92 Å². The average molecular weight is 287 g/mol. The predicted octanol–water partition coefficient (Wildman–Crippen LogP) is 3.19. The molecule has 0 saturated heterocycles. The van der Waals surface area contributed by atoms with Crippen LogP contribution in [0.1, 0.15) is 27.7 Å². The molecule has 3 nitrogen and oxygen atoms in total. The Balaban J connectivity index is 2.00. The molecule has 104 valence electrons. The maximum Gasteiger partial charge on any atom is 0.169 e. The third-order valence-electron chi connectivity index (χ3n) is 3.58. The minimum atomic E-state index is 0.0927. The molecule has 1 atom stereocenters. The van der Waals surface area contributed by atoms with Crippen molar-refractivity contribution in [1.82, 2.24) is 0 Å². The first-order valence-corrected chi connectivity index (χ1v) is 7.51. The summed E-state index contributed by atoms with van der Waals surface area (Å²) in [6.45, 7) is 4.20. The highest BCUT2D eigenvalue weighted by atomic mass is 32.1. The normalized spacial score (nSPS) is 16.9. The van der Waals surface area contributed by atoms with Crippen molar-refractivity contribution in [3.63, 3.8) is 0 Å². The monoisotopic (exact) mass is 287 g/mol. The number of nitrogens with two attached hydrogens (primary N) is 1. The SMILES string of the molecule is CC(=O)c1ccc(-c2cc(C)c3c(c2)CC(CN)O3)s1. The van der Waals surface area contributed by atoms with E-state index >= 15 is 0 Å². The molecule has 4 heteroatoms. The molecule has 0 spiro atoms. The van der Waals surface area contributed by atoms with Crippen LogP contribution in [-0.2, 0) is 6.42 Å². The molecule has 3 rings (SSSR count). The predicted molar refractivity (Wildman–Crippen MR) is 81.7 cm³/mol. The number of rotatable bonds is 3. The number of hydrogen-bond donors (Lipinski definition) is 1. The molecule has 0 amide bonds. The van der Waals surface area contributed by atoms with Crippen molar-refractivity contribution < 1.29 is 9.53 Å². The third-order valence-corrected chi connectivity index (χ3v) is 4.82. The molecule has 1 aromatic heterocycles. The van der Waals surface area contributed by atoms with Crippen LogP contribution in [0.4, 0.5) is 0 Å². The smallest absolute Gasteiger partial charge is 0.169 e. The van der Waals surface area contributed by atoms with Gasteiger partial charge in [-0.2, -0.15) is 0 Å². The molecular formula is C16H17NO2S. The zero-order valence-corrected chi connectivity index (χ0v) is 12.4. The number of Topliss-reactive ketones (excluding diaryl/α,β-unsaturated/α-hetero) is 1. The highest BCUT2D eigenvalue weighted by Gasteiger charge is 2.24. The summed E-state index contributed by atoms with van der Waals surface area (Å²) in [5, 5.41) is 0. The van der Waals surface area contributed by atoms with Crippen molar-refractivity contribution in [2.45, 2.75) is 26.4 Å². The number of thiophene rings is 1. The van der Waals surface area contributed by atoms with E-state index in [0.717, 1.165) is 33.1 Å². The van der Waals surface area contributed by atoms with Crippen LogP contribution in [0.3, 0.4) is 0 Å². The van der Waals surface area contributed by atoms with E-state index in [1.54, 1.807) is 6.92 Å². The summed E-state index contributed by atoms with van der Waals surface area (Å²) in [4.78, 5) is 13.3. The maximum atomic E-state index is 11.4. The Morgan fingerprint density at radius 3 is 2.90 bits per heavy atom. The molecule has 1 unspecified atom stereocenters. The summed E-state index contributed by atoms with van der Waals surface area (Å²) < 4.78 is 5.85. The number of hydrogen-bond acceptors (Lipinski definition) is 4. The zero-order chi connectivity index (χ0) is 14.3. The highest BCUT2D eigenvalue weighted by molar-refractivity contribution is 7.17. The molecule has 1 aromatic carbocycles. The van der Waals surface area contributed by atoms with Crippen LogP contribution < -0.4 is 10.5 Å². The summed E-state index contributed by atoms with van der Waals surface area (Å²) in [5.74, 6) is 1.10. The molecule has 0 radical (unpaired) electrons. The van der Waals surface area contributed by atoms with Crippen LogP contribution in [-0.4, -0.2) is 18.4 Å². The summed E-state index contributed by atoms with van der Waals surface area (Å²) in [6.07, 6.45) is 0.959. The molecule has 1 aliphatic rings. The summed E-state index contributed by atoms with van der Waals surface area (Å²) >= 11 is 1.54. The van der Waals surface area contributed by atoms with Crippen LogP contribution >= 0.6 is 11.3 Å². The van der Waals surface area contributed by atoms with Gasteiger partial charge in [0.1, 0.15) is 11.9 Å². The molecule has 2 aromatic rings. The van der Waals surface area contributed by atoms with Gasteiger partial charge >= 0.3 is 0 Å². The Bertz CT molecular complexity index is 675. The van der Waals surface area contributed by atoms with Gasteiger partial charge in [-0.1, -0.05) is 0 Å². The standard InChI is InChI=1S/C16H17NO2S/c1-9-5-11(15-4-3-14(20-15)10(2)18)6-12-7-13(8-17)19-16(9)12/h3-6,13H,7-8,17H2,1-2H3. The topological polar surface area (TPSA) is 52.3 Å². The van der Waals surface area contributed by atoms with E-state index in [1.165, 1.54) is 16.9 Å². The molecular weight excluding hydrogens is 270 g/mol. The summed E-state index contributed by atoms with van der Waals surface area (Å²) in [5.41, 5.74) is 9.19. The van der Waals surface area contributed by atoms with Crippen LogP contribution in [0.25, 0.3) is 10.4 Å². The molecule has 1 aliphatic heterocycles.